The Morgan fingerprint density at radius 1 is 1.33 bits per heavy atom. The number of ether oxygens (including phenoxy) is 1. The van der Waals surface area contributed by atoms with Gasteiger partial charge in [-0.1, -0.05) is 13.0 Å². The highest BCUT2D eigenvalue weighted by atomic mass is 16.5. The number of hydrogen-bond donors (Lipinski definition) is 3. The van der Waals surface area contributed by atoms with Gasteiger partial charge in [0, 0.05) is 18.8 Å². The van der Waals surface area contributed by atoms with Crippen LogP contribution in [0.25, 0.3) is 0 Å². The van der Waals surface area contributed by atoms with Crippen molar-refractivity contribution >= 4 is 11.8 Å². The van der Waals surface area contributed by atoms with Crippen LogP contribution in [0.1, 0.15) is 53.4 Å². The summed E-state index contributed by atoms with van der Waals surface area (Å²) >= 11 is 0. The van der Waals surface area contributed by atoms with Crippen LogP contribution in [0, 0.1) is 28.1 Å². The SMILES string of the molecule is CC[C@]12CC(=O)C=C[C@H]1[C@@H]1[C@H](O)C[C@@H](OC(=O)C(C)(C)C)[C@@]1(CO)[C@@H](O)C2. The second-order valence-electron chi connectivity index (χ2n) is 9.71. The van der Waals surface area contributed by atoms with Gasteiger partial charge in [-0.15, -0.1) is 0 Å². The van der Waals surface area contributed by atoms with E-state index in [4.69, 9.17) is 4.74 Å². The fourth-order valence-corrected chi connectivity index (χ4v) is 5.67. The summed E-state index contributed by atoms with van der Waals surface area (Å²) in [5, 5.41) is 32.4. The van der Waals surface area contributed by atoms with Crippen LogP contribution >= 0.6 is 0 Å². The molecule has 0 unspecified atom stereocenters. The molecule has 0 aliphatic heterocycles. The van der Waals surface area contributed by atoms with Crippen molar-refractivity contribution in [1.29, 1.82) is 0 Å². The Morgan fingerprint density at radius 3 is 2.56 bits per heavy atom. The van der Waals surface area contributed by atoms with Crippen LogP contribution < -0.4 is 0 Å². The molecule has 152 valence electrons. The fourth-order valence-electron chi connectivity index (χ4n) is 5.67. The number of hydrogen-bond acceptors (Lipinski definition) is 6. The molecule has 0 saturated heterocycles. The summed E-state index contributed by atoms with van der Waals surface area (Å²) in [5.74, 6) is -1.00. The lowest BCUT2D eigenvalue weighted by atomic mass is 9.48. The van der Waals surface area contributed by atoms with Gasteiger partial charge in [-0.05, 0) is 51.0 Å². The Hall–Kier alpha value is -1.24. The van der Waals surface area contributed by atoms with Gasteiger partial charge >= 0.3 is 5.97 Å². The van der Waals surface area contributed by atoms with E-state index in [1.165, 1.54) is 0 Å². The highest BCUT2D eigenvalue weighted by Gasteiger charge is 2.68. The molecule has 0 heterocycles. The molecule has 0 amide bonds. The second kappa shape index (κ2) is 6.68. The topological polar surface area (TPSA) is 104 Å². The van der Waals surface area contributed by atoms with Crippen LogP contribution in [0.4, 0.5) is 0 Å². The zero-order valence-corrected chi connectivity index (χ0v) is 16.6. The number of rotatable bonds is 3. The van der Waals surface area contributed by atoms with Crippen LogP contribution in [-0.2, 0) is 14.3 Å². The molecule has 0 aromatic rings. The highest BCUT2D eigenvalue weighted by Crippen LogP contribution is 2.63. The van der Waals surface area contributed by atoms with Crippen molar-refractivity contribution in [2.75, 3.05) is 6.61 Å². The van der Waals surface area contributed by atoms with E-state index in [0.29, 0.717) is 19.3 Å². The van der Waals surface area contributed by atoms with Crippen molar-refractivity contribution in [3.8, 4) is 0 Å². The van der Waals surface area contributed by atoms with Gasteiger partial charge in [0.05, 0.1) is 29.6 Å². The second-order valence-corrected chi connectivity index (χ2v) is 9.71. The molecule has 0 aromatic heterocycles. The van der Waals surface area contributed by atoms with Crippen molar-refractivity contribution in [2.45, 2.75) is 71.7 Å². The highest BCUT2D eigenvalue weighted by molar-refractivity contribution is 5.91. The first-order chi connectivity index (χ1) is 12.5. The molecular weight excluding hydrogens is 348 g/mol. The van der Waals surface area contributed by atoms with E-state index >= 15 is 0 Å². The smallest absolute Gasteiger partial charge is 0.311 e. The van der Waals surface area contributed by atoms with E-state index in [1.807, 2.05) is 13.0 Å². The Labute approximate surface area is 160 Å². The number of ketones is 1. The molecule has 0 aromatic carbocycles. The minimum Gasteiger partial charge on any atom is -0.461 e. The van der Waals surface area contributed by atoms with Crippen molar-refractivity contribution < 1.29 is 29.6 Å². The normalized spacial score (nSPS) is 44.0. The molecule has 3 rings (SSSR count). The minimum atomic E-state index is -1.12. The van der Waals surface area contributed by atoms with Crippen LogP contribution in [0.3, 0.4) is 0 Å². The minimum absolute atomic E-state index is 0.0278. The largest absolute Gasteiger partial charge is 0.461 e. The average molecular weight is 380 g/mol. The predicted octanol–water partition coefficient (Wildman–Crippen LogP) is 1.61. The molecule has 0 spiro atoms. The molecule has 3 aliphatic rings. The average Bonchev–Trinajstić information content (AvgIpc) is 2.87. The summed E-state index contributed by atoms with van der Waals surface area (Å²) < 4.78 is 5.74. The Kier molecular flexibility index (Phi) is 5.07. The van der Waals surface area contributed by atoms with E-state index in [2.05, 4.69) is 0 Å². The van der Waals surface area contributed by atoms with Crippen LogP contribution in [0.5, 0.6) is 0 Å². The number of aliphatic hydroxyl groups excluding tert-OH is 3. The van der Waals surface area contributed by atoms with E-state index in [9.17, 15) is 24.9 Å². The van der Waals surface area contributed by atoms with Gasteiger partial charge in [0.1, 0.15) is 6.10 Å². The van der Waals surface area contributed by atoms with Crippen LogP contribution in [0.2, 0.25) is 0 Å². The lowest BCUT2D eigenvalue weighted by molar-refractivity contribution is -0.202. The maximum atomic E-state index is 12.5. The number of esters is 1. The fraction of sp³-hybridized carbons (Fsp3) is 0.810. The summed E-state index contributed by atoms with van der Waals surface area (Å²) in [4.78, 5) is 24.6. The van der Waals surface area contributed by atoms with Gasteiger partial charge in [-0.3, -0.25) is 9.59 Å². The number of carbonyl (C=O) groups excluding carboxylic acids is 2. The molecule has 7 atom stereocenters. The maximum Gasteiger partial charge on any atom is 0.311 e. The first-order valence-corrected chi connectivity index (χ1v) is 9.91. The van der Waals surface area contributed by atoms with Gasteiger partial charge in [-0.25, -0.2) is 0 Å². The van der Waals surface area contributed by atoms with E-state index in [1.54, 1.807) is 26.8 Å². The van der Waals surface area contributed by atoms with Crippen molar-refractivity contribution in [3.05, 3.63) is 12.2 Å². The molecule has 0 bridgehead atoms. The summed E-state index contributed by atoms with van der Waals surface area (Å²) in [6.45, 7) is 6.86. The summed E-state index contributed by atoms with van der Waals surface area (Å²) in [6, 6.07) is 0. The first-order valence-electron chi connectivity index (χ1n) is 9.91. The molecule has 3 N–H and O–H groups in total. The molecule has 27 heavy (non-hydrogen) atoms. The maximum absolute atomic E-state index is 12.5. The summed E-state index contributed by atoms with van der Waals surface area (Å²) in [5.41, 5.74) is -2.27. The van der Waals surface area contributed by atoms with Gasteiger partial charge in [0.15, 0.2) is 5.78 Å². The summed E-state index contributed by atoms with van der Waals surface area (Å²) in [7, 11) is 0. The molecular formula is C21H32O6. The van der Waals surface area contributed by atoms with Gasteiger partial charge in [-0.2, -0.15) is 0 Å². The molecule has 6 heteroatoms. The molecule has 6 nitrogen and oxygen atoms in total. The molecule has 3 aliphatic carbocycles. The number of aliphatic hydroxyl groups is 3. The van der Waals surface area contributed by atoms with Gasteiger partial charge in [0.25, 0.3) is 0 Å². The summed E-state index contributed by atoms with van der Waals surface area (Å²) in [6.07, 6.45) is 2.41. The lowest BCUT2D eigenvalue weighted by Gasteiger charge is -2.57. The molecule has 2 fully saturated rings. The third-order valence-corrected chi connectivity index (χ3v) is 7.26. The van der Waals surface area contributed by atoms with Gasteiger partial charge in [0.2, 0.25) is 0 Å². The molecule has 2 saturated carbocycles. The van der Waals surface area contributed by atoms with E-state index in [0.717, 1.165) is 0 Å². The third-order valence-electron chi connectivity index (χ3n) is 7.26. The lowest BCUT2D eigenvalue weighted by Crippen LogP contribution is -2.62. The van der Waals surface area contributed by atoms with Crippen molar-refractivity contribution in [1.82, 2.24) is 0 Å². The Bertz CT molecular complexity index is 650. The zero-order valence-electron chi connectivity index (χ0n) is 16.6. The van der Waals surface area contributed by atoms with E-state index < -0.39 is 46.4 Å². The Morgan fingerprint density at radius 2 is 2.00 bits per heavy atom. The number of allylic oxidation sites excluding steroid dienone is 2. The van der Waals surface area contributed by atoms with E-state index in [-0.39, 0.29) is 24.7 Å². The van der Waals surface area contributed by atoms with Crippen LogP contribution in [0.15, 0.2) is 12.2 Å². The monoisotopic (exact) mass is 380 g/mol. The predicted molar refractivity (Wildman–Crippen MR) is 98.6 cm³/mol. The molecule has 0 radical (unpaired) electrons. The third kappa shape index (κ3) is 2.97. The van der Waals surface area contributed by atoms with Crippen molar-refractivity contribution in [3.63, 3.8) is 0 Å². The number of fused-ring (bicyclic) bond motifs is 3. The Balaban J connectivity index is 2.03. The quantitative estimate of drug-likeness (QED) is 0.643. The first kappa shape index (κ1) is 20.5. The zero-order chi connectivity index (χ0) is 20.2. The number of carbonyl (C=O) groups is 2. The van der Waals surface area contributed by atoms with Crippen LogP contribution in [-0.4, -0.2) is 52.0 Å². The standard InChI is InChI=1S/C21H32O6/c1-5-20-9-12(23)6-7-13(20)17-14(24)8-16(27-18(26)19(2,3)4)21(17,11-22)15(25)10-20/h6-7,13-17,22,24-25H,5,8-11H2,1-4H3/t13-,14+,15-,16+,17+,20+,21+/m0/s1. The van der Waals surface area contributed by atoms with Gasteiger partial charge < -0.3 is 20.1 Å². The van der Waals surface area contributed by atoms with Crippen molar-refractivity contribution in [2.24, 2.45) is 28.1 Å².